The second-order valence-corrected chi connectivity index (χ2v) is 4.08. The number of aromatic carboxylic acids is 2. The predicted molar refractivity (Wildman–Crippen MR) is 70.8 cm³/mol. The molecule has 2 heterocycles. The van der Waals surface area contributed by atoms with Crippen molar-refractivity contribution >= 4 is 11.9 Å². The molecule has 20 heavy (non-hydrogen) atoms. The Morgan fingerprint density at radius 3 is 2.40 bits per heavy atom. The number of carboxylic acid groups (broad SMARTS) is 2. The summed E-state index contributed by atoms with van der Waals surface area (Å²) in [6.45, 7) is 1.81. The molecule has 6 nitrogen and oxygen atoms in total. The highest BCUT2D eigenvalue weighted by atomic mass is 16.4. The lowest BCUT2D eigenvalue weighted by Gasteiger charge is -2.09. The van der Waals surface area contributed by atoms with Crippen LogP contribution in [0, 0.1) is 0 Å². The van der Waals surface area contributed by atoms with Gasteiger partial charge in [0.1, 0.15) is 0 Å². The molecule has 0 bridgehead atoms. The fraction of sp³-hybridized carbons (Fsp3) is 0.143. The van der Waals surface area contributed by atoms with Gasteiger partial charge in [-0.15, -0.1) is 0 Å². The van der Waals surface area contributed by atoms with Crippen LogP contribution in [0.5, 0.6) is 0 Å². The van der Waals surface area contributed by atoms with Gasteiger partial charge in [-0.3, -0.25) is 9.97 Å². The summed E-state index contributed by atoms with van der Waals surface area (Å²) in [6.07, 6.45) is 3.21. The number of nitrogens with zero attached hydrogens (tertiary/aromatic N) is 2. The average molecular weight is 272 g/mol. The van der Waals surface area contributed by atoms with E-state index >= 15 is 0 Å². The summed E-state index contributed by atoms with van der Waals surface area (Å²) < 4.78 is 0. The molecule has 2 N–H and O–H groups in total. The number of aromatic nitrogens is 2. The maximum atomic E-state index is 11.2. The topological polar surface area (TPSA) is 100 Å². The summed E-state index contributed by atoms with van der Waals surface area (Å²) in [5.41, 5.74) is 1.52. The van der Waals surface area contributed by atoms with Crippen LogP contribution in [-0.2, 0) is 6.42 Å². The average Bonchev–Trinajstić information content (AvgIpc) is 2.46. The zero-order valence-corrected chi connectivity index (χ0v) is 10.7. The maximum Gasteiger partial charge on any atom is 0.336 e. The van der Waals surface area contributed by atoms with Gasteiger partial charge >= 0.3 is 11.9 Å². The van der Waals surface area contributed by atoms with Crippen molar-refractivity contribution in [2.24, 2.45) is 0 Å². The van der Waals surface area contributed by atoms with Gasteiger partial charge in [0, 0.05) is 12.4 Å². The molecular formula is C14H12N2O4. The first-order chi connectivity index (χ1) is 9.54. The monoisotopic (exact) mass is 272 g/mol. The Hall–Kier alpha value is -2.76. The van der Waals surface area contributed by atoms with Crippen LogP contribution in [0.25, 0.3) is 11.4 Å². The molecule has 0 unspecified atom stereocenters. The van der Waals surface area contributed by atoms with Crippen LogP contribution in [0.15, 0.2) is 30.6 Å². The van der Waals surface area contributed by atoms with Crippen molar-refractivity contribution < 1.29 is 19.8 Å². The van der Waals surface area contributed by atoms with Crippen molar-refractivity contribution in [3.8, 4) is 11.4 Å². The molecule has 0 fully saturated rings. The minimum absolute atomic E-state index is 0.0829. The largest absolute Gasteiger partial charge is 0.478 e. The van der Waals surface area contributed by atoms with Crippen molar-refractivity contribution in [3.63, 3.8) is 0 Å². The second-order valence-electron chi connectivity index (χ2n) is 4.08. The Labute approximate surface area is 114 Å². The van der Waals surface area contributed by atoms with Crippen LogP contribution >= 0.6 is 0 Å². The SMILES string of the molecule is CCc1c(C(=O)O)ccnc1-c1cc(C(=O)O)ccn1. The molecule has 2 rings (SSSR count). The van der Waals surface area contributed by atoms with E-state index in [1.807, 2.05) is 6.92 Å². The smallest absolute Gasteiger partial charge is 0.336 e. The Bertz CT molecular complexity index is 683. The molecule has 2 aromatic heterocycles. The summed E-state index contributed by atoms with van der Waals surface area (Å²) >= 11 is 0. The van der Waals surface area contributed by atoms with Crippen LogP contribution in [-0.4, -0.2) is 32.1 Å². The van der Waals surface area contributed by atoms with Crippen LogP contribution < -0.4 is 0 Å². The molecular weight excluding hydrogens is 260 g/mol. The van der Waals surface area contributed by atoms with E-state index in [-0.39, 0.29) is 11.1 Å². The Balaban J connectivity index is 2.63. The molecule has 0 aliphatic carbocycles. The van der Waals surface area contributed by atoms with Crippen molar-refractivity contribution in [1.82, 2.24) is 9.97 Å². The summed E-state index contributed by atoms with van der Waals surface area (Å²) in [4.78, 5) is 30.4. The van der Waals surface area contributed by atoms with E-state index in [2.05, 4.69) is 9.97 Å². The van der Waals surface area contributed by atoms with Crippen LogP contribution in [0.4, 0.5) is 0 Å². The third-order valence-electron chi connectivity index (χ3n) is 2.89. The van der Waals surface area contributed by atoms with Crippen LogP contribution in [0.1, 0.15) is 33.2 Å². The third kappa shape index (κ3) is 2.49. The third-order valence-corrected chi connectivity index (χ3v) is 2.89. The summed E-state index contributed by atoms with van der Waals surface area (Å²) in [5, 5.41) is 18.2. The minimum atomic E-state index is -1.07. The molecule has 0 aromatic carbocycles. The summed E-state index contributed by atoms with van der Waals surface area (Å²) in [5.74, 6) is -2.11. The number of pyridine rings is 2. The van der Waals surface area contributed by atoms with Crippen LogP contribution in [0.2, 0.25) is 0 Å². The van der Waals surface area contributed by atoms with Gasteiger partial charge in [0.15, 0.2) is 0 Å². The molecule has 0 amide bonds. The van der Waals surface area contributed by atoms with Gasteiger partial charge in [-0.25, -0.2) is 9.59 Å². The fourth-order valence-corrected chi connectivity index (χ4v) is 1.96. The predicted octanol–water partition coefficient (Wildman–Crippen LogP) is 2.10. The highest BCUT2D eigenvalue weighted by Crippen LogP contribution is 2.23. The lowest BCUT2D eigenvalue weighted by molar-refractivity contribution is 0.0685. The standard InChI is InChI=1S/C14H12N2O4/c1-2-9-10(14(19)20)4-6-16-12(9)11-7-8(13(17)18)3-5-15-11/h3-7H,2H2,1H3,(H,17,18)(H,19,20). The van der Waals surface area contributed by atoms with E-state index in [0.29, 0.717) is 23.4 Å². The van der Waals surface area contributed by atoms with Crippen LogP contribution in [0.3, 0.4) is 0 Å². The van der Waals surface area contributed by atoms with Gasteiger partial charge in [-0.05, 0) is 30.2 Å². The maximum absolute atomic E-state index is 11.2. The zero-order valence-electron chi connectivity index (χ0n) is 10.7. The molecule has 2 aromatic rings. The van der Waals surface area contributed by atoms with Gasteiger partial charge in [-0.1, -0.05) is 6.92 Å². The minimum Gasteiger partial charge on any atom is -0.478 e. The second kappa shape index (κ2) is 5.48. The molecule has 0 aliphatic rings. The zero-order chi connectivity index (χ0) is 14.7. The first kappa shape index (κ1) is 13.7. The normalized spacial score (nSPS) is 10.2. The lowest BCUT2D eigenvalue weighted by Crippen LogP contribution is -2.06. The Kier molecular flexibility index (Phi) is 3.74. The van der Waals surface area contributed by atoms with E-state index in [1.54, 1.807) is 0 Å². The molecule has 6 heteroatoms. The van der Waals surface area contributed by atoms with Gasteiger partial charge in [0.05, 0.1) is 22.5 Å². The molecule has 0 spiro atoms. The fourth-order valence-electron chi connectivity index (χ4n) is 1.96. The van der Waals surface area contributed by atoms with E-state index in [9.17, 15) is 9.59 Å². The number of rotatable bonds is 4. The van der Waals surface area contributed by atoms with Gasteiger partial charge in [0.2, 0.25) is 0 Å². The number of hydrogen-bond donors (Lipinski definition) is 2. The van der Waals surface area contributed by atoms with Gasteiger partial charge in [0.25, 0.3) is 0 Å². The van der Waals surface area contributed by atoms with E-state index < -0.39 is 11.9 Å². The molecule has 0 atom stereocenters. The first-order valence-electron chi connectivity index (χ1n) is 5.95. The van der Waals surface area contributed by atoms with Crippen molar-refractivity contribution in [3.05, 3.63) is 47.3 Å². The molecule has 0 radical (unpaired) electrons. The Morgan fingerprint density at radius 2 is 1.80 bits per heavy atom. The Morgan fingerprint density at radius 1 is 1.10 bits per heavy atom. The lowest BCUT2D eigenvalue weighted by atomic mass is 10.0. The number of hydrogen-bond acceptors (Lipinski definition) is 4. The number of carboxylic acids is 2. The quantitative estimate of drug-likeness (QED) is 0.884. The van der Waals surface area contributed by atoms with Crippen molar-refractivity contribution in [2.45, 2.75) is 13.3 Å². The molecule has 102 valence electrons. The van der Waals surface area contributed by atoms with Gasteiger partial charge in [-0.2, -0.15) is 0 Å². The highest BCUT2D eigenvalue weighted by Gasteiger charge is 2.16. The number of carbonyl (C=O) groups is 2. The molecule has 0 aliphatic heterocycles. The summed E-state index contributed by atoms with van der Waals surface area (Å²) in [6, 6.07) is 4.18. The van der Waals surface area contributed by atoms with E-state index in [1.165, 1.54) is 30.6 Å². The molecule has 0 saturated heterocycles. The van der Waals surface area contributed by atoms with Crippen molar-refractivity contribution in [2.75, 3.05) is 0 Å². The van der Waals surface area contributed by atoms with E-state index in [4.69, 9.17) is 10.2 Å². The van der Waals surface area contributed by atoms with Gasteiger partial charge < -0.3 is 10.2 Å². The summed E-state index contributed by atoms with van der Waals surface area (Å²) in [7, 11) is 0. The highest BCUT2D eigenvalue weighted by molar-refractivity contribution is 5.92. The van der Waals surface area contributed by atoms with E-state index in [0.717, 1.165) is 0 Å². The first-order valence-corrected chi connectivity index (χ1v) is 5.95. The van der Waals surface area contributed by atoms with Crippen molar-refractivity contribution in [1.29, 1.82) is 0 Å². The molecule has 0 saturated carbocycles.